The number of hydrogen-bond donors (Lipinski definition) is 2. The van der Waals surface area contributed by atoms with E-state index in [0.717, 1.165) is 0 Å². The van der Waals surface area contributed by atoms with Gasteiger partial charge in [-0.1, -0.05) is 0 Å². The summed E-state index contributed by atoms with van der Waals surface area (Å²) in [5, 5.41) is 18.6. The van der Waals surface area contributed by atoms with Crippen molar-refractivity contribution in [3.63, 3.8) is 0 Å². The molecule has 7 nitrogen and oxygen atoms in total. The Labute approximate surface area is 108 Å². The van der Waals surface area contributed by atoms with Crippen LogP contribution in [0.3, 0.4) is 0 Å². The molecule has 100 valence electrons. The van der Waals surface area contributed by atoms with Gasteiger partial charge in [-0.2, -0.15) is 0 Å². The number of aliphatic hydroxyl groups is 2. The zero-order valence-corrected chi connectivity index (χ0v) is 10.5. The number of ether oxygens (including phenoxy) is 1. The van der Waals surface area contributed by atoms with Gasteiger partial charge in [-0.05, 0) is 6.92 Å². The molecular weight excluding hydrogens is 260 g/mol. The van der Waals surface area contributed by atoms with Crippen molar-refractivity contribution in [2.45, 2.75) is 31.8 Å². The second-order valence-corrected chi connectivity index (χ2v) is 4.58. The molecule has 0 amide bonds. The van der Waals surface area contributed by atoms with Gasteiger partial charge >= 0.3 is 5.69 Å². The average molecular weight is 273 g/mol. The van der Waals surface area contributed by atoms with Crippen LogP contribution in [0, 0.1) is 6.92 Å². The number of aliphatic hydroxyl groups excluding tert-OH is 2. The quantitative estimate of drug-likeness (QED) is 0.622. The van der Waals surface area contributed by atoms with Crippen LogP contribution in [0.4, 0.5) is 0 Å². The molecule has 2 rings (SSSR count). The van der Waals surface area contributed by atoms with Crippen LogP contribution in [0.15, 0.2) is 15.8 Å². The summed E-state index contributed by atoms with van der Waals surface area (Å²) in [6, 6.07) is 0. The second-order valence-electron chi connectivity index (χ2n) is 4.22. The van der Waals surface area contributed by atoms with Crippen LogP contribution in [-0.4, -0.2) is 37.6 Å². The first-order chi connectivity index (χ1) is 8.45. The summed E-state index contributed by atoms with van der Waals surface area (Å²) in [6.45, 7) is 1.20. The Hall–Kier alpha value is -1.22. The monoisotopic (exact) mass is 273 g/mol. The van der Waals surface area contributed by atoms with E-state index in [2.05, 4.69) is 0 Å². The molecule has 0 spiro atoms. The number of aryl methyl sites for hydroxylation is 1. The number of hydrogen-bond acceptors (Lipinski definition) is 6. The third kappa shape index (κ3) is 2.07. The van der Waals surface area contributed by atoms with Crippen molar-refractivity contribution in [2.24, 2.45) is 0 Å². The Balaban J connectivity index is 2.42. The Kier molecular flexibility index (Phi) is 3.53. The predicted molar refractivity (Wildman–Crippen MR) is 64.1 cm³/mol. The molecule has 18 heavy (non-hydrogen) atoms. The van der Waals surface area contributed by atoms with E-state index in [1.807, 2.05) is 0 Å². The lowest BCUT2D eigenvalue weighted by Crippen LogP contribution is -2.39. The lowest BCUT2D eigenvalue weighted by molar-refractivity contribution is -0.0460. The summed E-state index contributed by atoms with van der Waals surface area (Å²) in [5.74, 6) is 0. The van der Waals surface area contributed by atoms with Gasteiger partial charge in [-0.25, -0.2) is 4.79 Å². The topological polar surface area (TPSA) is 93.7 Å². The summed E-state index contributed by atoms with van der Waals surface area (Å²) in [6.07, 6.45) is -0.786. The molecule has 0 bridgehead atoms. The van der Waals surface area contributed by atoms with Crippen LogP contribution in [0.5, 0.6) is 0 Å². The molecule has 0 aliphatic carbocycles. The molecule has 0 saturated carbocycles. The maximum Gasteiger partial charge on any atom is 0.313 e. The second kappa shape index (κ2) is 4.81. The van der Waals surface area contributed by atoms with Crippen LogP contribution in [-0.2, 0) is 17.6 Å². The van der Waals surface area contributed by atoms with Crippen molar-refractivity contribution < 1.29 is 14.9 Å². The Morgan fingerprint density at radius 1 is 1.56 bits per heavy atom. The summed E-state index contributed by atoms with van der Waals surface area (Å²) in [7, 11) is 0. The molecule has 8 heteroatoms. The summed E-state index contributed by atoms with van der Waals surface area (Å²) in [4.78, 5) is 23.3. The number of nitrogens with zero attached hydrogens (tertiary/aromatic N) is 2. The first kappa shape index (κ1) is 13.2. The van der Waals surface area contributed by atoms with E-state index in [1.54, 1.807) is 0 Å². The van der Waals surface area contributed by atoms with Crippen LogP contribution >= 0.6 is 0 Å². The van der Waals surface area contributed by atoms with E-state index >= 15 is 0 Å². The van der Waals surface area contributed by atoms with E-state index in [9.17, 15) is 14.7 Å². The molecule has 1 aliphatic rings. The highest BCUT2D eigenvalue weighted by Gasteiger charge is 2.35. The van der Waals surface area contributed by atoms with Gasteiger partial charge in [0, 0.05) is 18.2 Å². The highest BCUT2D eigenvalue weighted by atomic mass is 32.1. The third-order valence-corrected chi connectivity index (χ3v) is 3.27. The average Bonchev–Trinajstić information content (AvgIpc) is 2.72. The van der Waals surface area contributed by atoms with Crippen molar-refractivity contribution in [3.05, 3.63) is 32.6 Å². The standard InChI is InChI=1S/C10H13N2O5S/c1-5-3-11(10(16)12(18)9(5)15)8-2-6(14)7(4-13)17-8/h3,6-8,13-14H,2,4H2,1H3/q-1/t6-,7+,8+/m0/s1. The Morgan fingerprint density at radius 3 is 2.78 bits per heavy atom. The van der Waals surface area contributed by atoms with Gasteiger partial charge in [-0.3, -0.25) is 9.36 Å². The van der Waals surface area contributed by atoms with E-state index in [4.69, 9.17) is 22.7 Å². The molecule has 3 atom stereocenters. The van der Waals surface area contributed by atoms with Crippen LogP contribution < -0.4 is 11.2 Å². The minimum atomic E-state index is -0.849. The highest BCUT2D eigenvalue weighted by Crippen LogP contribution is 2.27. The van der Waals surface area contributed by atoms with Gasteiger partial charge in [0.2, 0.25) is 5.56 Å². The van der Waals surface area contributed by atoms with Crippen molar-refractivity contribution in [1.82, 2.24) is 8.54 Å². The lowest BCUT2D eigenvalue weighted by atomic mass is 10.2. The fourth-order valence-corrected chi connectivity index (χ4v) is 2.17. The fraction of sp³-hybridized carbons (Fsp3) is 0.600. The van der Waals surface area contributed by atoms with Crippen LogP contribution in [0.2, 0.25) is 0 Å². The van der Waals surface area contributed by atoms with Gasteiger partial charge in [-0.15, -0.1) is 0 Å². The van der Waals surface area contributed by atoms with Crippen LogP contribution in [0.1, 0.15) is 18.2 Å². The lowest BCUT2D eigenvalue weighted by Gasteiger charge is -2.19. The zero-order valence-electron chi connectivity index (χ0n) is 9.65. The summed E-state index contributed by atoms with van der Waals surface area (Å²) >= 11 is 4.70. The molecule has 1 fully saturated rings. The van der Waals surface area contributed by atoms with Gasteiger partial charge in [0.15, 0.2) is 0 Å². The molecule has 1 aliphatic heterocycles. The van der Waals surface area contributed by atoms with Crippen molar-refractivity contribution in [2.75, 3.05) is 6.61 Å². The van der Waals surface area contributed by atoms with Gasteiger partial charge in [0.25, 0.3) is 0 Å². The minimum absolute atomic E-state index is 0.165. The van der Waals surface area contributed by atoms with Gasteiger partial charge in [0.1, 0.15) is 12.3 Å². The molecule has 1 saturated heterocycles. The predicted octanol–water partition coefficient (Wildman–Crippen LogP) is -1.73. The van der Waals surface area contributed by atoms with E-state index < -0.39 is 29.7 Å². The van der Waals surface area contributed by atoms with Gasteiger partial charge in [0.05, 0.1) is 12.7 Å². The summed E-state index contributed by atoms with van der Waals surface area (Å²) in [5.41, 5.74) is -0.907. The normalized spacial score (nSPS) is 27.6. The molecule has 0 radical (unpaired) electrons. The SMILES string of the molecule is Cc1cn([C@H]2C[C@H](O)[C@@H](CO)O2)c(=O)n([S-])c1=O. The molecule has 1 aromatic heterocycles. The largest absolute Gasteiger partial charge is 0.679 e. The zero-order chi connectivity index (χ0) is 13.4. The molecule has 2 N–H and O–H groups in total. The molecule has 2 heterocycles. The Bertz CT molecular complexity index is 566. The highest BCUT2D eigenvalue weighted by molar-refractivity contribution is 7.56. The number of aromatic nitrogens is 2. The van der Waals surface area contributed by atoms with Gasteiger partial charge < -0.3 is 31.7 Å². The molecule has 0 aromatic carbocycles. The Morgan fingerprint density at radius 2 is 2.22 bits per heavy atom. The minimum Gasteiger partial charge on any atom is -0.679 e. The summed E-state index contributed by atoms with van der Waals surface area (Å²) < 4.78 is 7.09. The van der Waals surface area contributed by atoms with E-state index in [-0.39, 0.29) is 13.0 Å². The van der Waals surface area contributed by atoms with Crippen LogP contribution in [0.25, 0.3) is 0 Å². The fourth-order valence-electron chi connectivity index (χ4n) is 1.93. The van der Waals surface area contributed by atoms with E-state index in [0.29, 0.717) is 9.54 Å². The molecule has 0 unspecified atom stereocenters. The maximum absolute atomic E-state index is 11.8. The molecule has 1 aromatic rings. The first-order valence-corrected chi connectivity index (χ1v) is 5.79. The maximum atomic E-state index is 11.8. The van der Waals surface area contributed by atoms with Crippen molar-refractivity contribution >= 4 is 12.8 Å². The first-order valence-electron chi connectivity index (χ1n) is 5.42. The van der Waals surface area contributed by atoms with Crippen molar-refractivity contribution in [1.29, 1.82) is 0 Å². The van der Waals surface area contributed by atoms with Crippen molar-refractivity contribution in [3.8, 4) is 0 Å². The van der Waals surface area contributed by atoms with E-state index in [1.165, 1.54) is 17.7 Å². The third-order valence-electron chi connectivity index (χ3n) is 2.94. The smallest absolute Gasteiger partial charge is 0.313 e. The molecular formula is C10H13N2O5S-. The number of rotatable bonds is 2.